The van der Waals surface area contributed by atoms with Gasteiger partial charge >= 0.3 is 5.97 Å². The van der Waals surface area contributed by atoms with E-state index in [0.717, 1.165) is 19.6 Å². The topological polar surface area (TPSA) is 62.2 Å². The summed E-state index contributed by atoms with van der Waals surface area (Å²) < 4.78 is 10.6. The Morgan fingerprint density at radius 1 is 1.29 bits per heavy atom. The summed E-state index contributed by atoms with van der Waals surface area (Å²) >= 11 is 0. The highest BCUT2D eigenvalue weighted by Gasteiger charge is 2.22. The van der Waals surface area contributed by atoms with Crippen molar-refractivity contribution in [3.63, 3.8) is 0 Å². The second-order valence-corrected chi connectivity index (χ2v) is 6.60. The summed E-state index contributed by atoms with van der Waals surface area (Å²) in [5.41, 5.74) is 0.933. The van der Waals surface area contributed by atoms with E-state index in [-0.39, 0.29) is 5.56 Å². The molecular formula is C18H28N2O4. The minimum Gasteiger partial charge on any atom is -0.497 e. The number of carbonyl (C=O) groups is 1. The van der Waals surface area contributed by atoms with Gasteiger partial charge in [0.05, 0.1) is 19.8 Å². The minimum absolute atomic E-state index is 0.237. The van der Waals surface area contributed by atoms with Crippen LogP contribution in [-0.4, -0.2) is 68.8 Å². The predicted octanol–water partition coefficient (Wildman–Crippen LogP) is 2.18. The first-order valence-corrected chi connectivity index (χ1v) is 8.29. The van der Waals surface area contributed by atoms with E-state index in [0.29, 0.717) is 29.5 Å². The third-order valence-electron chi connectivity index (χ3n) is 4.70. The van der Waals surface area contributed by atoms with E-state index < -0.39 is 5.97 Å². The molecule has 1 heterocycles. The molecule has 6 heteroatoms. The molecule has 0 unspecified atom stereocenters. The normalized spacial score (nSPS) is 16.4. The van der Waals surface area contributed by atoms with E-state index in [1.807, 2.05) is 7.05 Å². The van der Waals surface area contributed by atoms with E-state index in [2.05, 4.69) is 16.8 Å². The number of benzene rings is 1. The Morgan fingerprint density at radius 2 is 1.96 bits per heavy atom. The largest absolute Gasteiger partial charge is 0.497 e. The first-order valence-electron chi connectivity index (χ1n) is 8.29. The maximum atomic E-state index is 11.6. The number of likely N-dealkylation sites (tertiary alicyclic amines) is 1. The van der Waals surface area contributed by atoms with E-state index >= 15 is 0 Å². The highest BCUT2D eigenvalue weighted by atomic mass is 16.5. The quantitative estimate of drug-likeness (QED) is 0.823. The molecule has 134 valence electrons. The van der Waals surface area contributed by atoms with E-state index in [1.165, 1.54) is 20.0 Å². The maximum Gasteiger partial charge on any atom is 0.336 e. The molecule has 6 nitrogen and oxygen atoms in total. The third kappa shape index (κ3) is 4.61. The fourth-order valence-electron chi connectivity index (χ4n) is 3.29. The van der Waals surface area contributed by atoms with Crippen LogP contribution in [-0.2, 0) is 6.54 Å². The number of rotatable bonds is 7. The van der Waals surface area contributed by atoms with Crippen LogP contribution in [0, 0.1) is 5.92 Å². The molecule has 0 aliphatic carbocycles. The van der Waals surface area contributed by atoms with Gasteiger partial charge in [0.1, 0.15) is 11.5 Å². The maximum absolute atomic E-state index is 11.6. The lowest BCUT2D eigenvalue weighted by Crippen LogP contribution is -2.35. The number of carboxylic acid groups (broad SMARTS) is 1. The molecule has 0 atom stereocenters. The zero-order chi connectivity index (χ0) is 17.7. The van der Waals surface area contributed by atoms with Gasteiger partial charge in [-0.25, -0.2) is 4.79 Å². The summed E-state index contributed by atoms with van der Waals surface area (Å²) in [5, 5.41) is 9.53. The highest BCUT2D eigenvalue weighted by molar-refractivity contribution is 5.91. The molecule has 1 fully saturated rings. The van der Waals surface area contributed by atoms with Gasteiger partial charge in [-0.1, -0.05) is 0 Å². The van der Waals surface area contributed by atoms with Crippen molar-refractivity contribution in [3.05, 3.63) is 23.3 Å². The second-order valence-electron chi connectivity index (χ2n) is 6.60. The Balaban J connectivity index is 2.13. The van der Waals surface area contributed by atoms with Gasteiger partial charge in [0.15, 0.2) is 0 Å². The molecular weight excluding hydrogens is 308 g/mol. The van der Waals surface area contributed by atoms with Crippen molar-refractivity contribution in [3.8, 4) is 11.5 Å². The van der Waals surface area contributed by atoms with Gasteiger partial charge in [-0.3, -0.25) is 0 Å². The monoisotopic (exact) mass is 336 g/mol. The van der Waals surface area contributed by atoms with Gasteiger partial charge in [0, 0.05) is 24.7 Å². The Kier molecular flexibility index (Phi) is 6.45. The summed E-state index contributed by atoms with van der Waals surface area (Å²) in [6.45, 7) is 3.76. The Morgan fingerprint density at radius 3 is 2.50 bits per heavy atom. The number of hydrogen-bond acceptors (Lipinski definition) is 5. The van der Waals surface area contributed by atoms with Crippen LogP contribution >= 0.6 is 0 Å². The summed E-state index contributed by atoms with van der Waals surface area (Å²) in [5.74, 6) is 0.742. The molecule has 0 saturated carbocycles. The summed E-state index contributed by atoms with van der Waals surface area (Å²) in [6.07, 6.45) is 2.37. The molecule has 1 aliphatic rings. The third-order valence-corrected chi connectivity index (χ3v) is 4.70. The SMILES string of the molecule is COc1cc(OC)c(CN(C)CC2CCN(C)CC2)c(C(=O)O)c1. The standard InChI is InChI=1S/C18H28N2O4/c1-19-7-5-13(6-8-19)11-20(2)12-16-15(18(21)22)9-14(23-3)10-17(16)24-4/h9-10,13H,5-8,11-12H2,1-4H3,(H,21,22). The Hall–Kier alpha value is -1.79. The number of hydrogen-bond donors (Lipinski definition) is 1. The van der Waals surface area contributed by atoms with Gasteiger partial charge < -0.3 is 24.4 Å². The van der Waals surface area contributed by atoms with Crippen molar-refractivity contribution < 1.29 is 19.4 Å². The molecule has 1 N–H and O–H groups in total. The highest BCUT2D eigenvalue weighted by Crippen LogP contribution is 2.30. The number of piperidine rings is 1. The number of carboxylic acids is 1. The molecule has 0 spiro atoms. The van der Waals surface area contributed by atoms with E-state index in [9.17, 15) is 9.90 Å². The molecule has 0 radical (unpaired) electrons. The van der Waals surface area contributed by atoms with E-state index in [4.69, 9.17) is 9.47 Å². The number of ether oxygens (including phenoxy) is 2. The first kappa shape index (κ1) is 18.5. The van der Waals surface area contributed by atoms with Crippen LogP contribution in [0.2, 0.25) is 0 Å². The van der Waals surface area contributed by atoms with Crippen molar-refractivity contribution in [2.45, 2.75) is 19.4 Å². The van der Waals surface area contributed by atoms with Crippen LogP contribution in [0.4, 0.5) is 0 Å². The Labute approximate surface area is 144 Å². The fourth-order valence-corrected chi connectivity index (χ4v) is 3.29. The molecule has 1 aromatic rings. The zero-order valence-electron chi connectivity index (χ0n) is 15.0. The van der Waals surface area contributed by atoms with Crippen LogP contribution < -0.4 is 9.47 Å². The molecule has 1 aromatic carbocycles. The van der Waals surface area contributed by atoms with Crippen molar-refractivity contribution in [2.24, 2.45) is 5.92 Å². The molecule has 0 aromatic heterocycles. The smallest absolute Gasteiger partial charge is 0.336 e. The van der Waals surface area contributed by atoms with Crippen LogP contribution in [0.3, 0.4) is 0 Å². The number of nitrogens with zero attached hydrogens (tertiary/aromatic N) is 2. The van der Waals surface area contributed by atoms with E-state index in [1.54, 1.807) is 19.2 Å². The summed E-state index contributed by atoms with van der Waals surface area (Å²) in [4.78, 5) is 16.2. The van der Waals surface area contributed by atoms with Gasteiger partial charge in [-0.05, 0) is 52.0 Å². The predicted molar refractivity (Wildman–Crippen MR) is 93.1 cm³/mol. The molecule has 24 heavy (non-hydrogen) atoms. The summed E-state index contributed by atoms with van der Waals surface area (Å²) in [7, 11) is 7.27. The van der Waals surface area contributed by atoms with Crippen molar-refractivity contribution in [1.29, 1.82) is 0 Å². The second kappa shape index (κ2) is 8.35. The van der Waals surface area contributed by atoms with Gasteiger partial charge in [0.25, 0.3) is 0 Å². The molecule has 2 rings (SSSR count). The lowest BCUT2D eigenvalue weighted by Gasteiger charge is -2.32. The average Bonchev–Trinajstić information content (AvgIpc) is 2.56. The first-order chi connectivity index (χ1) is 11.4. The van der Waals surface area contributed by atoms with Gasteiger partial charge in [-0.15, -0.1) is 0 Å². The minimum atomic E-state index is -0.963. The molecule has 0 bridgehead atoms. The zero-order valence-corrected chi connectivity index (χ0v) is 15.0. The lowest BCUT2D eigenvalue weighted by molar-refractivity contribution is 0.0693. The number of methoxy groups -OCH3 is 2. The average molecular weight is 336 g/mol. The van der Waals surface area contributed by atoms with Gasteiger partial charge in [0.2, 0.25) is 0 Å². The van der Waals surface area contributed by atoms with Crippen molar-refractivity contribution in [1.82, 2.24) is 9.80 Å². The van der Waals surface area contributed by atoms with Crippen molar-refractivity contribution in [2.75, 3.05) is 47.9 Å². The molecule has 1 saturated heterocycles. The van der Waals surface area contributed by atoms with Crippen molar-refractivity contribution >= 4 is 5.97 Å². The molecule has 1 aliphatic heterocycles. The van der Waals surface area contributed by atoms with Crippen LogP contribution in [0.25, 0.3) is 0 Å². The van der Waals surface area contributed by atoms with Gasteiger partial charge in [-0.2, -0.15) is 0 Å². The molecule has 0 amide bonds. The summed E-state index contributed by atoms with van der Waals surface area (Å²) in [6, 6.07) is 3.30. The van der Waals surface area contributed by atoms with Crippen LogP contribution in [0.1, 0.15) is 28.8 Å². The Bertz CT molecular complexity index is 568. The van der Waals surface area contributed by atoms with Crippen LogP contribution in [0.5, 0.6) is 11.5 Å². The number of aromatic carboxylic acids is 1. The fraction of sp³-hybridized carbons (Fsp3) is 0.611. The lowest BCUT2D eigenvalue weighted by atomic mass is 9.96. The van der Waals surface area contributed by atoms with Crippen LogP contribution in [0.15, 0.2) is 12.1 Å².